The first kappa shape index (κ1) is 13.0. The van der Waals surface area contributed by atoms with Crippen LogP contribution in [0.1, 0.15) is 31.4 Å². The number of nitrogens with one attached hydrogen (secondary N) is 1. The zero-order chi connectivity index (χ0) is 13.1. The Morgan fingerprint density at radius 1 is 1.39 bits per heavy atom. The van der Waals surface area contributed by atoms with Crippen molar-refractivity contribution in [2.75, 3.05) is 5.32 Å². The number of aliphatic carboxylic acids is 1. The fourth-order valence-electron chi connectivity index (χ4n) is 2.35. The minimum absolute atomic E-state index is 0.212. The molecule has 1 heterocycles. The van der Waals surface area contributed by atoms with Crippen molar-refractivity contribution < 1.29 is 14.7 Å². The van der Waals surface area contributed by atoms with Crippen LogP contribution < -0.4 is 5.32 Å². The first-order valence-electron chi connectivity index (χ1n) is 6.03. The molecule has 1 aliphatic rings. The van der Waals surface area contributed by atoms with E-state index < -0.39 is 17.8 Å². The molecule has 98 valence electrons. The van der Waals surface area contributed by atoms with Crippen LogP contribution in [0.4, 0.5) is 5.13 Å². The molecule has 1 aromatic rings. The number of carboxylic acid groups (broad SMARTS) is 1. The molecule has 1 amide bonds. The lowest BCUT2D eigenvalue weighted by Crippen LogP contribution is -2.36. The highest BCUT2D eigenvalue weighted by Gasteiger charge is 2.35. The van der Waals surface area contributed by atoms with Crippen LogP contribution in [-0.2, 0) is 9.59 Å². The van der Waals surface area contributed by atoms with Gasteiger partial charge in [0.05, 0.1) is 17.5 Å². The molecule has 6 heteroatoms. The van der Waals surface area contributed by atoms with Crippen LogP contribution in [0.5, 0.6) is 0 Å². The lowest BCUT2D eigenvalue weighted by molar-refractivity contribution is -0.147. The lowest BCUT2D eigenvalue weighted by atomic mass is 9.79. The summed E-state index contributed by atoms with van der Waals surface area (Å²) in [6.45, 7) is 1.85. The average Bonchev–Trinajstić information content (AvgIpc) is 2.74. The van der Waals surface area contributed by atoms with Crippen LogP contribution in [0.3, 0.4) is 0 Å². The Labute approximate surface area is 109 Å². The second kappa shape index (κ2) is 5.48. The molecule has 2 N–H and O–H groups in total. The third kappa shape index (κ3) is 2.87. The summed E-state index contributed by atoms with van der Waals surface area (Å²) in [5.74, 6) is -2.07. The summed E-state index contributed by atoms with van der Waals surface area (Å²) in [6, 6.07) is 0. The minimum atomic E-state index is -0.870. The number of carbonyl (C=O) groups is 2. The molecule has 2 atom stereocenters. The second-order valence-electron chi connectivity index (χ2n) is 4.62. The van der Waals surface area contributed by atoms with E-state index in [2.05, 4.69) is 10.3 Å². The molecule has 5 nitrogen and oxygen atoms in total. The van der Waals surface area contributed by atoms with E-state index in [1.165, 1.54) is 11.3 Å². The third-order valence-corrected chi connectivity index (χ3v) is 4.14. The summed E-state index contributed by atoms with van der Waals surface area (Å²) in [5, 5.41) is 14.3. The zero-order valence-corrected chi connectivity index (χ0v) is 11.0. The highest BCUT2D eigenvalue weighted by Crippen LogP contribution is 2.31. The molecule has 18 heavy (non-hydrogen) atoms. The number of thiazole rings is 1. The number of hydrogen-bond donors (Lipinski definition) is 2. The van der Waals surface area contributed by atoms with E-state index in [0.29, 0.717) is 18.0 Å². The smallest absolute Gasteiger partial charge is 0.307 e. The highest BCUT2D eigenvalue weighted by molar-refractivity contribution is 7.13. The van der Waals surface area contributed by atoms with E-state index in [-0.39, 0.29) is 5.91 Å². The topological polar surface area (TPSA) is 79.3 Å². The van der Waals surface area contributed by atoms with Gasteiger partial charge in [0.1, 0.15) is 0 Å². The van der Waals surface area contributed by atoms with Gasteiger partial charge < -0.3 is 10.4 Å². The average molecular weight is 268 g/mol. The number of hydrogen-bond acceptors (Lipinski definition) is 4. The molecule has 1 saturated carbocycles. The van der Waals surface area contributed by atoms with E-state index in [4.69, 9.17) is 5.11 Å². The molecule has 1 aliphatic carbocycles. The number of amides is 1. The Morgan fingerprint density at radius 2 is 2.06 bits per heavy atom. The number of carbonyl (C=O) groups excluding carboxylic acids is 1. The van der Waals surface area contributed by atoms with Crippen molar-refractivity contribution in [2.45, 2.75) is 32.6 Å². The van der Waals surface area contributed by atoms with Gasteiger partial charge in [-0.15, -0.1) is 11.3 Å². The largest absolute Gasteiger partial charge is 0.481 e. The zero-order valence-electron chi connectivity index (χ0n) is 10.2. The van der Waals surface area contributed by atoms with Gasteiger partial charge in [-0.25, -0.2) is 4.98 Å². The first-order chi connectivity index (χ1) is 8.58. The molecule has 0 radical (unpaired) electrons. The number of rotatable bonds is 3. The van der Waals surface area contributed by atoms with E-state index in [1.807, 2.05) is 12.3 Å². The SMILES string of the molecule is Cc1csc(NC(=O)[C@@H]2CCCC[C@H]2C(=O)O)n1. The van der Waals surface area contributed by atoms with Crippen LogP contribution in [0, 0.1) is 18.8 Å². The van der Waals surface area contributed by atoms with Crippen LogP contribution in [0.25, 0.3) is 0 Å². The van der Waals surface area contributed by atoms with Crippen LogP contribution >= 0.6 is 11.3 Å². The van der Waals surface area contributed by atoms with Crippen LogP contribution in [0.2, 0.25) is 0 Å². The number of anilines is 1. The lowest BCUT2D eigenvalue weighted by Gasteiger charge is -2.26. The molecule has 0 aromatic carbocycles. The Hall–Kier alpha value is -1.43. The molecule has 0 unspecified atom stereocenters. The minimum Gasteiger partial charge on any atom is -0.481 e. The second-order valence-corrected chi connectivity index (χ2v) is 5.48. The normalized spacial score (nSPS) is 23.6. The monoisotopic (exact) mass is 268 g/mol. The van der Waals surface area contributed by atoms with Gasteiger partial charge in [-0.3, -0.25) is 9.59 Å². The standard InChI is InChI=1S/C12H16N2O3S/c1-7-6-18-12(13-7)14-10(15)8-4-2-3-5-9(8)11(16)17/h6,8-9H,2-5H2,1H3,(H,16,17)(H,13,14,15)/t8-,9-/m1/s1. The van der Waals surface area contributed by atoms with Gasteiger partial charge in [0.15, 0.2) is 5.13 Å². The maximum Gasteiger partial charge on any atom is 0.307 e. The molecule has 0 spiro atoms. The number of carboxylic acids is 1. The molecule has 0 bridgehead atoms. The van der Waals surface area contributed by atoms with Crippen molar-refractivity contribution in [1.82, 2.24) is 4.98 Å². The molecule has 1 aromatic heterocycles. The predicted molar refractivity (Wildman–Crippen MR) is 68.6 cm³/mol. The Kier molecular flexibility index (Phi) is 3.96. The predicted octanol–water partition coefficient (Wildman–Crippen LogP) is 2.28. The van der Waals surface area contributed by atoms with Gasteiger partial charge >= 0.3 is 5.97 Å². The van der Waals surface area contributed by atoms with Crippen molar-refractivity contribution in [3.05, 3.63) is 11.1 Å². The fraction of sp³-hybridized carbons (Fsp3) is 0.583. The van der Waals surface area contributed by atoms with Crippen LogP contribution in [0.15, 0.2) is 5.38 Å². The molecular formula is C12H16N2O3S. The van der Waals surface area contributed by atoms with Crippen LogP contribution in [-0.4, -0.2) is 22.0 Å². The number of aryl methyl sites for hydroxylation is 1. The summed E-state index contributed by atoms with van der Waals surface area (Å²) in [7, 11) is 0. The summed E-state index contributed by atoms with van der Waals surface area (Å²) >= 11 is 1.36. The van der Waals surface area contributed by atoms with Crippen molar-refractivity contribution in [3.8, 4) is 0 Å². The first-order valence-corrected chi connectivity index (χ1v) is 6.91. The third-order valence-electron chi connectivity index (χ3n) is 3.27. The summed E-state index contributed by atoms with van der Waals surface area (Å²) in [5.41, 5.74) is 0.855. The van der Waals surface area contributed by atoms with E-state index in [1.54, 1.807) is 0 Å². The summed E-state index contributed by atoms with van der Waals surface area (Å²) < 4.78 is 0. The van der Waals surface area contributed by atoms with E-state index >= 15 is 0 Å². The van der Waals surface area contributed by atoms with Gasteiger partial charge in [0.2, 0.25) is 5.91 Å². The van der Waals surface area contributed by atoms with Crippen molar-refractivity contribution in [2.24, 2.45) is 11.8 Å². The summed E-state index contributed by atoms with van der Waals surface area (Å²) in [4.78, 5) is 27.4. The maximum atomic E-state index is 12.1. The van der Waals surface area contributed by atoms with Crippen molar-refractivity contribution >= 4 is 28.3 Å². The molecule has 2 rings (SSSR count). The molecule has 1 fully saturated rings. The van der Waals surface area contributed by atoms with Crippen molar-refractivity contribution in [3.63, 3.8) is 0 Å². The van der Waals surface area contributed by atoms with E-state index in [9.17, 15) is 9.59 Å². The molecule has 0 saturated heterocycles. The molecular weight excluding hydrogens is 252 g/mol. The van der Waals surface area contributed by atoms with Gasteiger partial charge in [-0.05, 0) is 19.8 Å². The maximum absolute atomic E-state index is 12.1. The van der Waals surface area contributed by atoms with Gasteiger partial charge in [0, 0.05) is 5.38 Å². The number of aromatic nitrogens is 1. The Morgan fingerprint density at radius 3 is 2.61 bits per heavy atom. The van der Waals surface area contributed by atoms with E-state index in [0.717, 1.165) is 18.5 Å². The fourth-order valence-corrected chi connectivity index (χ4v) is 3.04. The van der Waals surface area contributed by atoms with Crippen molar-refractivity contribution in [1.29, 1.82) is 0 Å². The van der Waals surface area contributed by atoms with Gasteiger partial charge in [-0.2, -0.15) is 0 Å². The van der Waals surface area contributed by atoms with Gasteiger partial charge in [-0.1, -0.05) is 12.8 Å². The summed E-state index contributed by atoms with van der Waals surface area (Å²) in [6.07, 6.45) is 3.04. The number of nitrogens with zero attached hydrogens (tertiary/aromatic N) is 1. The highest BCUT2D eigenvalue weighted by atomic mass is 32.1. The Balaban J connectivity index is 2.04. The Bertz CT molecular complexity index is 458. The van der Waals surface area contributed by atoms with Gasteiger partial charge in [0.25, 0.3) is 0 Å². The quantitative estimate of drug-likeness (QED) is 0.881. The molecule has 0 aliphatic heterocycles.